The van der Waals surface area contributed by atoms with Crippen molar-refractivity contribution in [3.63, 3.8) is 0 Å². The fraction of sp³-hybridized carbons (Fsp3) is 0.273. The van der Waals surface area contributed by atoms with Gasteiger partial charge in [0.05, 0.1) is 0 Å². The number of carbonyl (C=O) groups excluding carboxylic acids is 1. The minimum absolute atomic E-state index is 0.0518. The molecule has 0 aliphatic heterocycles. The van der Waals surface area contributed by atoms with Crippen molar-refractivity contribution in [2.75, 3.05) is 0 Å². The van der Waals surface area contributed by atoms with Crippen LogP contribution in [0.4, 0.5) is 0 Å². The first kappa shape index (κ1) is 15.1. The Bertz CT molecular complexity index is 506. The zero-order valence-electron chi connectivity index (χ0n) is 9.67. The standard InChI is InChI=1S/C11H11BrN2O5/c12-8-3-1-2-6(13-8)10(17)14-7(11(18)19)4-5-9(15)16/h1-3,7H,4-5H2,(H,14,17)(H,15,16)(H,18,19). The first-order valence-corrected chi connectivity index (χ1v) is 6.07. The monoisotopic (exact) mass is 330 g/mol. The van der Waals surface area contributed by atoms with Crippen molar-refractivity contribution >= 4 is 33.8 Å². The molecule has 3 N–H and O–H groups in total. The smallest absolute Gasteiger partial charge is 0.326 e. The number of carbonyl (C=O) groups is 3. The number of hydrogen-bond donors (Lipinski definition) is 3. The average molecular weight is 331 g/mol. The van der Waals surface area contributed by atoms with Gasteiger partial charge in [-0.1, -0.05) is 6.07 Å². The summed E-state index contributed by atoms with van der Waals surface area (Å²) < 4.78 is 0.442. The lowest BCUT2D eigenvalue weighted by atomic mass is 10.1. The second-order valence-electron chi connectivity index (χ2n) is 3.64. The van der Waals surface area contributed by atoms with Crippen LogP contribution in [0.1, 0.15) is 23.3 Å². The number of halogens is 1. The van der Waals surface area contributed by atoms with E-state index in [4.69, 9.17) is 10.2 Å². The average Bonchev–Trinajstić information content (AvgIpc) is 2.33. The maximum absolute atomic E-state index is 11.8. The van der Waals surface area contributed by atoms with E-state index in [0.29, 0.717) is 4.60 Å². The molecule has 0 fully saturated rings. The van der Waals surface area contributed by atoms with E-state index in [2.05, 4.69) is 26.2 Å². The topological polar surface area (TPSA) is 117 Å². The van der Waals surface area contributed by atoms with Crippen molar-refractivity contribution in [1.82, 2.24) is 10.3 Å². The molecule has 1 rings (SSSR count). The van der Waals surface area contributed by atoms with Crippen LogP contribution in [-0.4, -0.2) is 39.1 Å². The summed E-state index contributed by atoms with van der Waals surface area (Å²) in [7, 11) is 0. The van der Waals surface area contributed by atoms with Crippen LogP contribution < -0.4 is 5.32 Å². The van der Waals surface area contributed by atoms with Crippen molar-refractivity contribution < 1.29 is 24.6 Å². The summed E-state index contributed by atoms with van der Waals surface area (Å²) in [5, 5.41) is 19.6. The largest absolute Gasteiger partial charge is 0.481 e. The Balaban J connectivity index is 2.71. The number of aromatic nitrogens is 1. The van der Waals surface area contributed by atoms with E-state index < -0.39 is 23.9 Å². The van der Waals surface area contributed by atoms with Gasteiger partial charge in [-0.25, -0.2) is 9.78 Å². The van der Waals surface area contributed by atoms with Crippen molar-refractivity contribution in [1.29, 1.82) is 0 Å². The molecule has 0 saturated carbocycles. The maximum atomic E-state index is 11.8. The fourth-order valence-electron chi connectivity index (χ4n) is 1.29. The third kappa shape index (κ3) is 5.04. The van der Waals surface area contributed by atoms with Crippen molar-refractivity contribution in [2.45, 2.75) is 18.9 Å². The van der Waals surface area contributed by atoms with Crippen LogP contribution in [-0.2, 0) is 9.59 Å². The number of carboxylic acid groups (broad SMARTS) is 2. The van der Waals surface area contributed by atoms with Crippen LogP contribution in [0.2, 0.25) is 0 Å². The molecule has 1 unspecified atom stereocenters. The Hall–Kier alpha value is -1.96. The molecule has 8 heteroatoms. The molecule has 1 aromatic rings. The molecule has 0 aliphatic carbocycles. The molecule has 0 aromatic carbocycles. The van der Waals surface area contributed by atoms with Crippen LogP contribution in [0.3, 0.4) is 0 Å². The van der Waals surface area contributed by atoms with Gasteiger partial charge in [-0.05, 0) is 34.5 Å². The Morgan fingerprint density at radius 1 is 1.32 bits per heavy atom. The van der Waals surface area contributed by atoms with Gasteiger partial charge in [0.1, 0.15) is 16.3 Å². The van der Waals surface area contributed by atoms with Gasteiger partial charge >= 0.3 is 11.9 Å². The van der Waals surface area contributed by atoms with Crippen molar-refractivity contribution in [2.24, 2.45) is 0 Å². The summed E-state index contributed by atoms with van der Waals surface area (Å²) in [6, 6.07) is 3.37. The molecule has 1 amide bonds. The van der Waals surface area contributed by atoms with E-state index in [-0.39, 0.29) is 18.5 Å². The third-order valence-electron chi connectivity index (χ3n) is 2.20. The number of nitrogens with one attached hydrogen (secondary N) is 1. The molecule has 1 aromatic heterocycles. The van der Waals surface area contributed by atoms with Gasteiger partial charge in [-0.2, -0.15) is 0 Å². The predicted octanol–water partition coefficient (Wildman–Crippen LogP) is 0.892. The summed E-state index contributed by atoms with van der Waals surface area (Å²) in [5.74, 6) is -3.08. The Morgan fingerprint density at radius 3 is 2.53 bits per heavy atom. The van der Waals surface area contributed by atoms with Gasteiger partial charge in [0.2, 0.25) is 0 Å². The van der Waals surface area contributed by atoms with Crippen molar-refractivity contribution in [3.8, 4) is 0 Å². The molecular weight excluding hydrogens is 320 g/mol. The highest BCUT2D eigenvalue weighted by molar-refractivity contribution is 9.10. The van der Waals surface area contributed by atoms with Gasteiger partial charge in [-0.3, -0.25) is 9.59 Å². The van der Waals surface area contributed by atoms with Gasteiger partial charge in [0.15, 0.2) is 0 Å². The lowest BCUT2D eigenvalue weighted by Crippen LogP contribution is -2.41. The minimum atomic E-state index is -1.29. The fourth-order valence-corrected chi connectivity index (χ4v) is 1.64. The zero-order chi connectivity index (χ0) is 14.4. The number of carboxylic acids is 2. The van der Waals surface area contributed by atoms with Gasteiger partial charge < -0.3 is 15.5 Å². The molecule has 1 heterocycles. The molecule has 0 saturated heterocycles. The van der Waals surface area contributed by atoms with Crippen LogP contribution in [0.25, 0.3) is 0 Å². The molecule has 0 aliphatic rings. The highest BCUT2D eigenvalue weighted by Crippen LogP contribution is 2.07. The Kier molecular flexibility index (Phi) is 5.43. The molecular formula is C11H11BrN2O5. The number of rotatable bonds is 6. The van der Waals surface area contributed by atoms with E-state index in [1.807, 2.05) is 0 Å². The number of pyridine rings is 1. The quantitative estimate of drug-likeness (QED) is 0.667. The summed E-state index contributed by atoms with van der Waals surface area (Å²) >= 11 is 3.09. The summed E-state index contributed by atoms with van der Waals surface area (Å²) in [4.78, 5) is 36.9. The van der Waals surface area contributed by atoms with E-state index in [1.165, 1.54) is 6.07 Å². The number of hydrogen-bond acceptors (Lipinski definition) is 4. The number of nitrogens with zero attached hydrogens (tertiary/aromatic N) is 1. The number of amides is 1. The Labute approximate surface area is 116 Å². The molecule has 7 nitrogen and oxygen atoms in total. The van der Waals surface area contributed by atoms with E-state index in [0.717, 1.165) is 0 Å². The highest BCUT2D eigenvalue weighted by Gasteiger charge is 2.22. The second kappa shape index (κ2) is 6.83. The molecule has 1 atom stereocenters. The summed E-state index contributed by atoms with van der Waals surface area (Å²) in [6.07, 6.45) is -0.534. The van der Waals surface area contributed by atoms with Gasteiger partial charge in [0, 0.05) is 6.42 Å². The van der Waals surface area contributed by atoms with Crippen LogP contribution in [0.15, 0.2) is 22.8 Å². The van der Waals surface area contributed by atoms with Crippen LogP contribution >= 0.6 is 15.9 Å². The molecule has 102 valence electrons. The second-order valence-corrected chi connectivity index (χ2v) is 4.45. The molecule has 0 spiro atoms. The van der Waals surface area contributed by atoms with Crippen LogP contribution in [0.5, 0.6) is 0 Å². The SMILES string of the molecule is O=C(O)CCC(NC(=O)c1cccc(Br)n1)C(=O)O. The number of aliphatic carboxylic acids is 2. The highest BCUT2D eigenvalue weighted by atomic mass is 79.9. The molecule has 0 bridgehead atoms. The minimum Gasteiger partial charge on any atom is -0.481 e. The first-order chi connectivity index (χ1) is 8.90. The molecule has 0 radical (unpaired) electrons. The Morgan fingerprint density at radius 2 is 2.00 bits per heavy atom. The van der Waals surface area contributed by atoms with Crippen LogP contribution in [0, 0.1) is 0 Å². The summed E-state index contributed by atoms with van der Waals surface area (Å²) in [5.41, 5.74) is 0.0518. The zero-order valence-corrected chi connectivity index (χ0v) is 11.3. The third-order valence-corrected chi connectivity index (χ3v) is 2.64. The van der Waals surface area contributed by atoms with Crippen molar-refractivity contribution in [3.05, 3.63) is 28.5 Å². The van der Waals surface area contributed by atoms with E-state index in [1.54, 1.807) is 12.1 Å². The van der Waals surface area contributed by atoms with Gasteiger partial charge in [0.25, 0.3) is 5.91 Å². The predicted molar refractivity (Wildman–Crippen MR) is 67.7 cm³/mol. The maximum Gasteiger partial charge on any atom is 0.326 e. The lowest BCUT2D eigenvalue weighted by Gasteiger charge is -2.13. The van der Waals surface area contributed by atoms with E-state index >= 15 is 0 Å². The first-order valence-electron chi connectivity index (χ1n) is 5.28. The summed E-state index contributed by atoms with van der Waals surface area (Å²) in [6.45, 7) is 0. The van der Waals surface area contributed by atoms with Gasteiger partial charge in [-0.15, -0.1) is 0 Å². The lowest BCUT2D eigenvalue weighted by molar-refractivity contribution is -0.140. The van der Waals surface area contributed by atoms with E-state index in [9.17, 15) is 14.4 Å². The normalized spacial score (nSPS) is 11.6. The molecule has 19 heavy (non-hydrogen) atoms.